The molecule has 126 valence electrons. The predicted molar refractivity (Wildman–Crippen MR) is 90.0 cm³/mol. The lowest BCUT2D eigenvalue weighted by atomic mass is 9.92. The first-order chi connectivity index (χ1) is 10.6. The molecule has 0 aromatic carbocycles. The molecule has 0 radical (unpaired) electrons. The molecule has 1 saturated carbocycles. The van der Waals surface area contributed by atoms with Crippen molar-refractivity contribution in [3.8, 4) is 0 Å². The Morgan fingerprint density at radius 1 is 1.17 bits per heavy atom. The summed E-state index contributed by atoms with van der Waals surface area (Å²) in [7, 11) is 0. The molecule has 0 aromatic heterocycles. The van der Waals surface area contributed by atoms with Gasteiger partial charge in [0.25, 0.3) is 0 Å². The lowest BCUT2D eigenvalue weighted by Gasteiger charge is -2.11. The van der Waals surface area contributed by atoms with Crippen molar-refractivity contribution in [1.29, 1.82) is 0 Å². The van der Waals surface area contributed by atoms with Gasteiger partial charge in [-0.2, -0.15) is 0 Å². The lowest BCUT2D eigenvalue weighted by molar-refractivity contribution is -0.121. The Balaban J connectivity index is 1.83. The molecule has 0 spiro atoms. The number of carbonyl (C=O) groups is 2. The highest BCUT2D eigenvalue weighted by molar-refractivity contribution is 6.03. The summed E-state index contributed by atoms with van der Waals surface area (Å²) in [5.74, 6) is 1.70. The van der Waals surface area contributed by atoms with Gasteiger partial charge in [0.1, 0.15) is 11.7 Å². The Bertz CT molecular complexity index is 598. The monoisotopic (exact) mass is 316 g/mol. The van der Waals surface area contributed by atoms with E-state index in [2.05, 4.69) is 26.8 Å². The number of rotatable bonds is 0. The van der Waals surface area contributed by atoms with E-state index in [0.717, 1.165) is 18.4 Å². The van der Waals surface area contributed by atoms with Crippen LogP contribution in [0.2, 0.25) is 0 Å². The van der Waals surface area contributed by atoms with E-state index in [1.54, 1.807) is 12.2 Å². The topological polar surface area (TPSA) is 46.7 Å². The molecule has 5 atom stereocenters. The van der Waals surface area contributed by atoms with Crippen LogP contribution in [0.5, 0.6) is 0 Å². The van der Waals surface area contributed by atoms with Gasteiger partial charge in [-0.05, 0) is 67.6 Å². The van der Waals surface area contributed by atoms with E-state index in [9.17, 15) is 9.59 Å². The maximum absolute atomic E-state index is 12.4. The summed E-state index contributed by atoms with van der Waals surface area (Å²) < 4.78 is 5.58. The molecular formula is C20H28O3. The summed E-state index contributed by atoms with van der Waals surface area (Å²) >= 11 is 0. The normalized spacial score (nSPS) is 46.7. The summed E-state index contributed by atoms with van der Waals surface area (Å²) in [5, 5.41) is 0. The molecular weight excluding hydrogens is 288 g/mol. The number of ketones is 2. The Morgan fingerprint density at radius 3 is 2.57 bits per heavy atom. The summed E-state index contributed by atoms with van der Waals surface area (Å²) in [5.41, 5.74) is 0.490. The number of fused-ring (bicyclic) bond motifs is 2. The molecule has 3 nitrogen and oxygen atoms in total. The molecule has 0 unspecified atom stereocenters. The largest absolute Gasteiger partial charge is 0.354 e. The third kappa shape index (κ3) is 3.08. The average molecular weight is 316 g/mol. The fraction of sp³-hybridized carbons (Fsp3) is 0.700. The van der Waals surface area contributed by atoms with Gasteiger partial charge < -0.3 is 4.74 Å². The molecule has 23 heavy (non-hydrogen) atoms. The Kier molecular flexibility index (Phi) is 3.91. The number of carbonyl (C=O) groups excluding carboxylic acids is 2. The Hall–Kier alpha value is -1.22. The van der Waals surface area contributed by atoms with Crippen molar-refractivity contribution in [1.82, 2.24) is 0 Å². The third-order valence-electron chi connectivity index (χ3n) is 6.17. The van der Waals surface area contributed by atoms with Crippen LogP contribution in [-0.4, -0.2) is 23.3 Å². The summed E-state index contributed by atoms with van der Waals surface area (Å²) in [6.45, 7) is 10.5. The zero-order chi connectivity index (χ0) is 17.0. The van der Waals surface area contributed by atoms with Crippen LogP contribution >= 0.6 is 0 Å². The number of Topliss-reactive ketones (excluding diaryl/α,β-unsaturated/α-hetero) is 1. The van der Waals surface area contributed by atoms with Crippen molar-refractivity contribution in [3.05, 3.63) is 23.8 Å². The van der Waals surface area contributed by atoms with E-state index < -0.39 is 5.60 Å². The molecule has 3 heteroatoms. The quantitative estimate of drug-likeness (QED) is 0.637. The van der Waals surface area contributed by atoms with Crippen molar-refractivity contribution in [2.75, 3.05) is 0 Å². The Labute approximate surface area is 139 Å². The highest BCUT2D eigenvalue weighted by atomic mass is 16.6. The molecule has 0 bridgehead atoms. The molecule has 0 aromatic rings. The number of allylic oxidation sites excluding steroid dienone is 3. The summed E-state index contributed by atoms with van der Waals surface area (Å²) in [6, 6.07) is 0. The molecule has 1 aliphatic heterocycles. The standard InChI is InChI=1S/C20H28O3/c1-12-6-7-14-15(19(14,3)4)11-13(2)16(21)8-9-20(5)18(23-20)17(22)10-12/h8-9,11-12,14-15,18H,6-7,10H2,1-5H3/b9-8-,13-11+/t12-,14-,15+,18+,20+/m0/s1. The molecule has 3 aliphatic rings. The van der Waals surface area contributed by atoms with Crippen LogP contribution in [0.3, 0.4) is 0 Å². The molecule has 0 N–H and O–H groups in total. The van der Waals surface area contributed by atoms with Crippen LogP contribution in [0.1, 0.15) is 53.9 Å². The number of hydrogen-bond acceptors (Lipinski definition) is 3. The minimum atomic E-state index is -0.585. The van der Waals surface area contributed by atoms with Gasteiger partial charge in [-0.25, -0.2) is 0 Å². The molecule has 1 saturated heterocycles. The predicted octanol–water partition coefficient (Wildman–Crippen LogP) is 3.88. The first-order valence-electron chi connectivity index (χ1n) is 8.77. The van der Waals surface area contributed by atoms with E-state index >= 15 is 0 Å². The van der Waals surface area contributed by atoms with E-state index in [1.807, 2.05) is 13.8 Å². The van der Waals surface area contributed by atoms with Gasteiger partial charge in [-0.1, -0.05) is 26.8 Å². The number of epoxide rings is 1. The number of ether oxygens (including phenoxy) is 1. The van der Waals surface area contributed by atoms with Gasteiger partial charge in [0, 0.05) is 6.42 Å². The summed E-state index contributed by atoms with van der Waals surface area (Å²) in [4.78, 5) is 24.7. The molecule has 1 heterocycles. The zero-order valence-corrected chi connectivity index (χ0v) is 14.9. The molecule has 3 rings (SSSR count). The highest BCUT2D eigenvalue weighted by Gasteiger charge is 2.56. The first-order valence-corrected chi connectivity index (χ1v) is 8.77. The highest BCUT2D eigenvalue weighted by Crippen LogP contribution is 2.61. The van der Waals surface area contributed by atoms with Crippen molar-refractivity contribution < 1.29 is 14.3 Å². The third-order valence-corrected chi connectivity index (χ3v) is 6.17. The average Bonchev–Trinajstić information content (AvgIpc) is 3.28. The first kappa shape index (κ1) is 16.6. The zero-order valence-electron chi connectivity index (χ0n) is 14.9. The van der Waals surface area contributed by atoms with Gasteiger partial charge in [0.05, 0.1) is 0 Å². The second kappa shape index (κ2) is 5.41. The van der Waals surface area contributed by atoms with E-state index in [0.29, 0.717) is 24.2 Å². The lowest BCUT2D eigenvalue weighted by Crippen LogP contribution is -2.18. The second-order valence-electron chi connectivity index (χ2n) is 8.54. The fourth-order valence-electron chi connectivity index (χ4n) is 4.14. The SMILES string of the molecule is C/C1=C\[C@@H]2[C@H](CC[C@H](C)CC(=O)[C@H]3O[C@]3(C)/C=C\C1=O)C2(C)C. The van der Waals surface area contributed by atoms with Crippen LogP contribution in [0, 0.1) is 23.2 Å². The minimum absolute atomic E-state index is 0.0276. The van der Waals surface area contributed by atoms with Crippen molar-refractivity contribution >= 4 is 11.6 Å². The van der Waals surface area contributed by atoms with Crippen LogP contribution in [-0.2, 0) is 14.3 Å². The van der Waals surface area contributed by atoms with Gasteiger partial charge in [-0.3, -0.25) is 9.59 Å². The second-order valence-corrected chi connectivity index (χ2v) is 8.54. The smallest absolute Gasteiger partial charge is 0.181 e. The number of hydrogen-bond donors (Lipinski definition) is 0. The van der Waals surface area contributed by atoms with Crippen LogP contribution in [0.4, 0.5) is 0 Å². The van der Waals surface area contributed by atoms with Gasteiger partial charge in [0.2, 0.25) is 0 Å². The minimum Gasteiger partial charge on any atom is -0.354 e. The summed E-state index contributed by atoms with van der Waals surface area (Å²) in [6.07, 6.45) is 7.91. The van der Waals surface area contributed by atoms with E-state index in [1.165, 1.54) is 0 Å². The van der Waals surface area contributed by atoms with E-state index in [4.69, 9.17) is 4.74 Å². The van der Waals surface area contributed by atoms with Crippen molar-refractivity contribution in [2.45, 2.75) is 65.6 Å². The van der Waals surface area contributed by atoms with E-state index in [-0.39, 0.29) is 23.1 Å². The molecule has 2 aliphatic carbocycles. The van der Waals surface area contributed by atoms with Gasteiger partial charge in [0.15, 0.2) is 11.6 Å². The van der Waals surface area contributed by atoms with Gasteiger partial charge in [-0.15, -0.1) is 0 Å². The molecule has 0 amide bonds. The maximum Gasteiger partial charge on any atom is 0.181 e. The van der Waals surface area contributed by atoms with Crippen LogP contribution in [0.15, 0.2) is 23.8 Å². The van der Waals surface area contributed by atoms with Crippen molar-refractivity contribution in [2.24, 2.45) is 23.2 Å². The maximum atomic E-state index is 12.4. The van der Waals surface area contributed by atoms with Crippen molar-refractivity contribution in [3.63, 3.8) is 0 Å². The molecule has 2 fully saturated rings. The van der Waals surface area contributed by atoms with Crippen LogP contribution in [0.25, 0.3) is 0 Å². The van der Waals surface area contributed by atoms with Gasteiger partial charge >= 0.3 is 0 Å². The Morgan fingerprint density at radius 2 is 1.87 bits per heavy atom. The fourth-order valence-corrected chi connectivity index (χ4v) is 4.14. The van der Waals surface area contributed by atoms with Crippen LogP contribution < -0.4 is 0 Å².